The van der Waals surface area contributed by atoms with Crippen molar-refractivity contribution in [3.8, 4) is 0 Å². The lowest BCUT2D eigenvalue weighted by atomic mass is 9.84. The first-order valence-electron chi connectivity index (χ1n) is 6.11. The van der Waals surface area contributed by atoms with Crippen molar-refractivity contribution < 1.29 is 14.2 Å². The summed E-state index contributed by atoms with van der Waals surface area (Å²) in [5.41, 5.74) is 0.810. The maximum atomic E-state index is 13.2. The van der Waals surface area contributed by atoms with Gasteiger partial charge in [-0.2, -0.15) is 0 Å². The smallest absolute Gasteiger partial charge is 0.138 e. The fraction of sp³-hybridized carbons (Fsp3) is 0.250. The van der Waals surface area contributed by atoms with Gasteiger partial charge in [-0.05, 0) is 35.7 Å². The number of hydrogen-bond acceptors (Lipinski definition) is 2. The van der Waals surface area contributed by atoms with Crippen LogP contribution >= 0.6 is 0 Å². The Kier molecular flexibility index (Phi) is 3.98. The van der Waals surface area contributed by atoms with Crippen LogP contribution in [0.3, 0.4) is 0 Å². The summed E-state index contributed by atoms with van der Waals surface area (Å²) in [5.74, 6) is -0.311. The van der Waals surface area contributed by atoms with Gasteiger partial charge in [0.1, 0.15) is 11.4 Å². The molecule has 2 aromatic carbocycles. The van der Waals surface area contributed by atoms with Gasteiger partial charge in [0.2, 0.25) is 0 Å². The highest BCUT2D eigenvalue weighted by molar-refractivity contribution is 5.40. The molecule has 0 spiro atoms. The first kappa shape index (κ1) is 13.7. The molecule has 2 nitrogen and oxygen atoms in total. The Morgan fingerprint density at radius 2 is 1.84 bits per heavy atom. The van der Waals surface area contributed by atoms with Crippen LogP contribution in [0.4, 0.5) is 4.39 Å². The lowest BCUT2D eigenvalue weighted by Gasteiger charge is -2.30. The predicted octanol–water partition coefficient (Wildman–Crippen LogP) is 3.02. The molecule has 0 aliphatic carbocycles. The highest BCUT2D eigenvalue weighted by Gasteiger charge is 2.33. The van der Waals surface area contributed by atoms with Crippen LogP contribution in [-0.2, 0) is 10.3 Å². The summed E-state index contributed by atoms with van der Waals surface area (Å²) in [6, 6.07) is 13.6. The highest BCUT2D eigenvalue weighted by Crippen LogP contribution is 2.32. The van der Waals surface area contributed by atoms with Crippen molar-refractivity contribution >= 4 is 0 Å². The van der Waals surface area contributed by atoms with Crippen molar-refractivity contribution in [2.24, 2.45) is 0 Å². The molecular weight excluding hydrogens is 243 g/mol. The van der Waals surface area contributed by atoms with Gasteiger partial charge in [-0.25, -0.2) is 4.39 Å². The van der Waals surface area contributed by atoms with E-state index in [1.165, 1.54) is 19.2 Å². The minimum Gasteiger partial charge on any atom is -0.381 e. The molecule has 1 N–H and O–H groups in total. The quantitative estimate of drug-likeness (QED) is 0.915. The van der Waals surface area contributed by atoms with Crippen molar-refractivity contribution in [3.05, 3.63) is 71.0 Å². The van der Waals surface area contributed by atoms with Gasteiger partial charge < -0.3 is 9.84 Å². The van der Waals surface area contributed by atoms with E-state index < -0.39 is 5.60 Å². The van der Waals surface area contributed by atoms with Gasteiger partial charge in [0, 0.05) is 7.11 Å². The van der Waals surface area contributed by atoms with Crippen LogP contribution in [0.1, 0.15) is 16.7 Å². The van der Waals surface area contributed by atoms with E-state index in [2.05, 4.69) is 0 Å². The average Bonchev–Trinajstić information content (AvgIpc) is 2.39. The molecule has 0 radical (unpaired) electrons. The van der Waals surface area contributed by atoms with Crippen molar-refractivity contribution in [2.75, 3.05) is 13.7 Å². The van der Waals surface area contributed by atoms with Crippen molar-refractivity contribution in [2.45, 2.75) is 12.5 Å². The second-order valence-corrected chi connectivity index (χ2v) is 4.62. The second-order valence-electron chi connectivity index (χ2n) is 4.62. The molecule has 2 aromatic rings. The molecule has 0 aliphatic rings. The van der Waals surface area contributed by atoms with E-state index >= 15 is 0 Å². The van der Waals surface area contributed by atoms with E-state index in [0.29, 0.717) is 11.1 Å². The number of ether oxygens (including phenoxy) is 1. The summed E-state index contributed by atoms with van der Waals surface area (Å²) in [4.78, 5) is 0. The topological polar surface area (TPSA) is 29.5 Å². The zero-order chi connectivity index (χ0) is 13.9. The van der Waals surface area contributed by atoms with E-state index in [0.717, 1.165) is 5.56 Å². The molecule has 1 unspecified atom stereocenters. The molecular formula is C16H17FO2. The second kappa shape index (κ2) is 5.51. The number of hydrogen-bond donors (Lipinski definition) is 1. The summed E-state index contributed by atoms with van der Waals surface area (Å²) in [6.07, 6.45) is 0. The fourth-order valence-electron chi connectivity index (χ4n) is 2.33. The number of aliphatic hydroxyl groups is 1. The Morgan fingerprint density at radius 3 is 2.42 bits per heavy atom. The summed E-state index contributed by atoms with van der Waals surface area (Å²) in [7, 11) is 1.53. The van der Waals surface area contributed by atoms with Gasteiger partial charge in [-0.1, -0.05) is 36.4 Å². The zero-order valence-electron chi connectivity index (χ0n) is 11.1. The molecule has 0 bridgehead atoms. The Morgan fingerprint density at radius 1 is 1.16 bits per heavy atom. The zero-order valence-corrected chi connectivity index (χ0v) is 11.1. The van der Waals surface area contributed by atoms with Crippen LogP contribution in [0.15, 0.2) is 48.5 Å². The molecule has 3 heteroatoms. The van der Waals surface area contributed by atoms with Crippen LogP contribution in [0, 0.1) is 12.7 Å². The van der Waals surface area contributed by atoms with Crippen LogP contribution in [-0.4, -0.2) is 18.8 Å². The highest BCUT2D eigenvalue weighted by atomic mass is 19.1. The molecule has 2 rings (SSSR count). The first-order chi connectivity index (χ1) is 9.08. The number of rotatable bonds is 4. The van der Waals surface area contributed by atoms with E-state index in [-0.39, 0.29) is 12.4 Å². The fourth-order valence-corrected chi connectivity index (χ4v) is 2.33. The third-order valence-electron chi connectivity index (χ3n) is 3.24. The minimum atomic E-state index is -1.27. The molecule has 0 amide bonds. The molecule has 100 valence electrons. The molecule has 19 heavy (non-hydrogen) atoms. The standard InChI is InChI=1S/C16H17FO2/c1-12-10-14(17)8-9-15(12)16(18,11-19-2)13-6-4-3-5-7-13/h3-10,18H,11H2,1-2H3. The van der Waals surface area contributed by atoms with Crippen molar-refractivity contribution in [1.29, 1.82) is 0 Å². The van der Waals surface area contributed by atoms with Crippen molar-refractivity contribution in [1.82, 2.24) is 0 Å². The maximum absolute atomic E-state index is 13.2. The third kappa shape index (κ3) is 2.67. The van der Waals surface area contributed by atoms with Gasteiger partial charge in [0.15, 0.2) is 0 Å². The molecule has 0 heterocycles. The molecule has 0 fully saturated rings. The van der Waals surface area contributed by atoms with Gasteiger partial charge in [0.05, 0.1) is 6.61 Å². The van der Waals surface area contributed by atoms with Crippen LogP contribution in [0.25, 0.3) is 0 Å². The molecule has 0 saturated heterocycles. The SMILES string of the molecule is COCC(O)(c1ccccc1)c1ccc(F)cc1C. The predicted molar refractivity (Wildman–Crippen MR) is 72.5 cm³/mol. The maximum Gasteiger partial charge on any atom is 0.138 e. The van der Waals surface area contributed by atoms with Gasteiger partial charge in [-0.3, -0.25) is 0 Å². The summed E-state index contributed by atoms with van der Waals surface area (Å²) in [6.45, 7) is 1.89. The Balaban J connectivity index is 2.56. The number of benzene rings is 2. The largest absolute Gasteiger partial charge is 0.381 e. The molecule has 0 aliphatic heterocycles. The average molecular weight is 260 g/mol. The Labute approximate surface area is 112 Å². The van der Waals surface area contributed by atoms with Gasteiger partial charge >= 0.3 is 0 Å². The van der Waals surface area contributed by atoms with E-state index in [4.69, 9.17) is 4.74 Å². The molecule has 0 aromatic heterocycles. The summed E-state index contributed by atoms with van der Waals surface area (Å²) >= 11 is 0. The number of methoxy groups -OCH3 is 1. The Hall–Kier alpha value is -1.71. The first-order valence-corrected chi connectivity index (χ1v) is 6.11. The Bertz CT molecular complexity index is 554. The van der Waals surface area contributed by atoms with Crippen LogP contribution < -0.4 is 0 Å². The monoisotopic (exact) mass is 260 g/mol. The molecule has 1 atom stereocenters. The van der Waals surface area contributed by atoms with Crippen molar-refractivity contribution in [3.63, 3.8) is 0 Å². The molecule has 0 saturated carbocycles. The minimum absolute atomic E-state index is 0.115. The summed E-state index contributed by atoms with van der Waals surface area (Å²) < 4.78 is 18.4. The lowest BCUT2D eigenvalue weighted by molar-refractivity contribution is -0.00375. The number of halogens is 1. The van der Waals surface area contributed by atoms with E-state index in [9.17, 15) is 9.50 Å². The third-order valence-corrected chi connectivity index (χ3v) is 3.24. The summed E-state index contributed by atoms with van der Waals surface area (Å²) in [5, 5.41) is 11.0. The van der Waals surface area contributed by atoms with E-state index in [1.54, 1.807) is 13.0 Å². The normalized spacial score (nSPS) is 14.1. The van der Waals surface area contributed by atoms with Gasteiger partial charge in [-0.15, -0.1) is 0 Å². The van der Waals surface area contributed by atoms with Crippen LogP contribution in [0.2, 0.25) is 0 Å². The lowest BCUT2D eigenvalue weighted by Crippen LogP contribution is -2.33. The van der Waals surface area contributed by atoms with E-state index in [1.807, 2.05) is 30.3 Å². The van der Waals surface area contributed by atoms with Crippen LogP contribution in [0.5, 0.6) is 0 Å². The number of aryl methyl sites for hydroxylation is 1. The van der Waals surface area contributed by atoms with Gasteiger partial charge in [0.25, 0.3) is 0 Å².